The van der Waals surface area contributed by atoms with Crippen LogP contribution in [0.3, 0.4) is 0 Å². The summed E-state index contributed by atoms with van der Waals surface area (Å²) in [6.45, 7) is 5.24. The Morgan fingerprint density at radius 2 is 1.69 bits per heavy atom. The molecule has 3 amide bonds. The molecule has 2 rings (SSSR count). The standard InChI is InChI=1S/C22H39N5O5/c1-3-14(2)18(24)21(30)27-13-7-10-17(27)20(29)26-12-6-9-16(26)19(28)25-15(22(31)32)8-4-5-11-23/h14-18H,3-13,23-24H2,1-2H3,(H,25,28)(H,31,32)/t14-,15-,16-,17-,18-/m0/s1. The highest BCUT2D eigenvalue weighted by atomic mass is 16.4. The van der Waals surface area contributed by atoms with Gasteiger partial charge < -0.3 is 31.7 Å². The number of nitrogens with two attached hydrogens (primary N) is 2. The van der Waals surface area contributed by atoms with E-state index >= 15 is 0 Å². The van der Waals surface area contributed by atoms with E-state index in [1.165, 1.54) is 4.90 Å². The molecule has 0 spiro atoms. The normalized spacial score (nSPS) is 23.6. The number of carbonyl (C=O) groups is 4. The second-order valence-corrected chi connectivity index (χ2v) is 8.97. The van der Waals surface area contributed by atoms with Crippen molar-refractivity contribution < 1.29 is 24.3 Å². The van der Waals surface area contributed by atoms with Crippen LogP contribution in [0.1, 0.15) is 65.2 Å². The van der Waals surface area contributed by atoms with E-state index in [1.54, 1.807) is 4.90 Å². The smallest absolute Gasteiger partial charge is 0.326 e. The summed E-state index contributed by atoms with van der Waals surface area (Å²) in [5.74, 6) is -2.02. The van der Waals surface area contributed by atoms with Crippen molar-refractivity contribution in [3.8, 4) is 0 Å². The Bertz CT molecular complexity index is 688. The van der Waals surface area contributed by atoms with E-state index in [-0.39, 0.29) is 24.2 Å². The molecule has 0 aromatic rings. The van der Waals surface area contributed by atoms with E-state index in [4.69, 9.17) is 11.5 Å². The molecule has 2 fully saturated rings. The van der Waals surface area contributed by atoms with Gasteiger partial charge >= 0.3 is 5.97 Å². The lowest BCUT2D eigenvalue weighted by molar-refractivity contribution is -0.148. The van der Waals surface area contributed by atoms with Crippen LogP contribution >= 0.6 is 0 Å². The van der Waals surface area contributed by atoms with Gasteiger partial charge in [-0.2, -0.15) is 0 Å². The third-order valence-electron chi connectivity index (χ3n) is 6.76. The molecule has 0 unspecified atom stereocenters. The number of nitrogens with zero attached hydrogens (tertiary/aromatic N) is 2. The van der Waals surface area contributed by atoms with Crippen molar-refractivity contribution in [2.75, 3.05) is 19.6 Å². The molecular formula is C22H39N5O5. The second kappa shape index (κ2) is 12.2. The second-order valence-electron chi connectivity index (χ2n) is 8.97. The fourth-order valence-electron chi connectivity index (χ4n) is 4.49. The van der Waals surface area contributed by atoms with Gasteiger partial charge in [0.05, 0.1) is 6.04 Å². The Morgan fingerprint density at radius 3 is 2.28 bits per heavy atom. The first-order valence-corrected chi connectivity index (χ1v) is 11.8. The number of amides is 3. The molecule has 0 radical (unpaired) electrons. The molecule has 2 saturated heterocycles. The van der Waals surface area contributed by atoms with Crippen LogP contribution in [0.4, 0.5) is 0 Å². The third kappa shape index (κ3) is 6.19. The predicted molar refractivity (Wildman–Crippen MR) is 119 cm³/mol. The molecule has 10 nitrogen and oxygen atoms in total. The van der Waals surface area contributed by atoms with Crippen molar-refractivity contribution in [1.82, 2.24) is 15.1 Å². The predicted octanol–water partition coefficient (Wildman–Crippen LogP) is 0.0402. The van der Waals surface area contributed by atoms with Crippen LogP contribution in [0.25, 0.3) is 0 Å². The first-order chi connectivity index (χ1) is 15.2. The van der Waals surface area contributed by atoms with Gasteiger partial charge in [-0.1, -0.05) is 20.3 Å². The van der Waals surface area contributed by atoms with E-state index in [2.05, 4.69) is 5.32 Å². The molecule has 182 valence electrons. The van der Waals surface area contributed by atoms with Crippen molar-refractivity contribution >= 4 is 23.7 Å². The van der Waals surface area contributed by atoms with Crippen LogP contribution in [0.5, 0.6) is 0 Å². The van der Waals surface area contributed by atoms with E-state index in [1.807, 2.05) is 13.8 Å². The van der Waals surface area contributed by atoms with Gasteiger partial charge in [-0.15, -0.1) is 0 Å². The SMILES string of the molecule is CC[C@H](C)[C@H](N)C(=O)N1CCC[C@H]1C(=O)N1CCC[C@H]1C(=O)N[C@@H](CCCCN)C(=O)O. The molecule has 10 heteroatoms. The van der Waals surface area contributed by atoms with Crippen molar-refractivity contribution in [2.45, 2.75) is 89.4 Å². The minimum absolute atomic E-state index is 0.0105. The number of carboxylic acids is 1. The van der Waals surface area contributed by atoms with Gasteiger partial charge in [0.25, 0.3) is 0 Å². The van der Waals surface area contributed by atoms with Crippen LogP contribution in [0, 0.1) is 5.92 Å². The summed E-state index contributed by atoms with van der Waals surface area (Å²) in [7, 11) is 0. The highest BCUT2D eigenvalue weighted by Crippen LogP contribution is 2.26. The molecule has 0 aromatic carbocycles. The Kier molecular flexibility index (Phi) is 9.89. The van der Waals surface area contributed by atoms with E-state index in [0.29, 0.717) is 58.2 Å². The zero-order chi connectivity index (χ0) is 23.8. The highest BCUT2D eigenvalue weighted by molar-refractivity contribution is 5.94. The third-order valence-corrected chi connectivity index (χ3v) is 6.76. The Balaban J connectivity index is 2.06. The summed E-state index contributed by atoms with van der Waals surface area (Å²) < 4.78 is 0. The minimum atomic E-state index is -1.10. The molecule has 0 saturated carbocycles. The van der Waals surface area contributed by atoms with Crippen molar-refractivity contribution in [2.24, 2.45) is 17.4 Å². The quantitative estimate of drug-likeness (QED) is 0.321. The van der Waals surface area contributed by atoms with E-state index in [9.17, 15) is 24.3 Å². The van der Waals surface area contributed by atoms with Gasteiger partial charge in [0.1, 0.15) is 18.1 Å². The number of aliphatic carboxylic acids is 1. The summed E-state index contributed by atoms with van der Waals surface area (Å²) >= 11 is 0. The fraction of sp³-hybridized carbons (Fsp3) is 0.818. The van der Waals surface area contributed by atoms with Gasteiger partial charge in [-0.3, -0.25) is 14.4 Å². The average molecular weight is 454 g/mol. The van der Waals surface area contributed by atoms with Gasteiger partial charge in [-0.25, -0.2) is 4.79 Å². The van der Waals surface area contributed by atoms with Crippen molar-refractivity contribution in [3.05, 3.63) is 0 Å². The molecular weight excluding hydrogens is 414 g/mol. The molecule has 2 aliphatic heterocycles. The minimum Gasteiger partial charge on any atom is -0.480 e. The number of nitrogens with one attached hydrogen (secondary N) is 1. The van der Waals surface area contributed by atoms with Gasteiger partial charge in [0.2, 0.25) is 17.7 Å². The molecule has 6 N–H and O–H groups in total. The van der Waals surface area contributed by atoms with Crippen molar-refractivity contribution in [3.63, 3.8) is 0 Å². The highest BCUT2D eigenvalue weighted by Gasteiger charge is 2.43. The summed E-state index contributed by atoms with van der Waals surface area (Å²) in [6, 6.07) is -3.01. The number of unbranched alkanes of at least 4 members (excludes halogenated alkanes) is 1. The maximum absolute atomic E-state index is 13.4. The lowest BCUT2D eigenvalue weighted by Gasteiger charge is -2.33. The lowest BCUT2D eigenvalue weighted by Crippen LogP contribution is -2.56. The Labute approximate surface area is 190 Å². The molecule has 0 aromatic heterocycles. The molecule has 32 heavy (non-hydrogen) atoms. The Morgan fingerprint density at radius 1 is 1.06 bits per heavy atom. The van der Waals surface area contributed by atoms with Gasteiger partial charge in [-0.05, 0) is 57.4 Å². The van der Waals surface area contributed by atoms with Gasteiger partial charge in [0, 0.05) is 13.1 Å². The average Bonchev–Trinajstić information content (AvgIpc) is 3.46. The number of carboxylic acid groups (broad SMARTS) is 1. The van der Waals surface area contributed by atoms with Crippen LogP contribution in [-0.4, -0.2) is 82.4 Å². The van der Waals surface area contributed by atoms with Crippen LogP contribution in [0.2, 0.25) is 0 Å². The lowest BCUT2D eigenvalue weighted by atomic mass is 9.98. The molecule has 2 aliphatic rings. The summed E-state index contributed by atoms with van der Waals surface area (Å²) in [5, 5.41) is 12.0. The van der Waals surface area contributed by atoms with Crippen molar-refractivity contribution in [1.29, 1.82) is 0 Å². The number of carbonyl (C=O) groups excluding carboxylic acids is 3. The number of rotatable bonds is 11. The zero-order valence-corrected chi connectivity index (χ0v) is 19.3. The number of hydrogen-bond donors (Lipinski definition) is 4. The Hall–Kier alpha value is -2.20. The van der Waals surface area contributed by atoms with Crippen LogP contribution < -0.4 is 16.8 Å². The monoisotopic (exact) mass is 453 g/mol. The molecule has 5 atom stereocenters. The molecule has 0 bridgehead atoms. The number of likely N-dealkylation sites (tertiary alicyclic amines) is 2. The molecule has 2 heterocycles. The summed E-state index contributed by atoms with van der Waals surface area (Å²) in [6.07, 6.45) is 4.71. The summed E-state index contributed by atoms with van der Waals surface area (Å²) in [4.78, 5) is 53.8. The first kappa shape index (κ1) is 26.1. The van der Waals surface area contributed by atoms with Crippen LogP contribution in [-0.2, 0) is 19.2 Å². The summed E-state index contributed by atoms with van der Waals surface area (Å²) in [5.41, 5.74) is 11.6. The molecule has 0 aliphatic carbocycles. The van der Waals surface area contributed by atoms with E-state index < -0.39 is 36.0 Å². The van der Waals surface area contributed by atoms with E-state index in [0.717, 1.165) is 6.42 Å². The van der Waals surface area contributed by atoms with Crippen LogP contribution in [0.15, 0.2) is 0 Å². The number of hydrogen-bond acceptors (Lipinski definition) is 6. The maximum Gasteiger partial charge on any atom is 0.326 e. The maximum atomic E-state index is 13.4. The van der Waals surface area contributed by atoms with Gasteiger partial charge in [0.15, 0.2) is 0 Å². The zero-order valence-electron chi connectivity index (χ0n) is 19.3. The first-order valence-electron chi connectivity index (χ1n) is 11.8. The topological polar surface area (TPSA) is 159 Å². The fourth-order valence-corrected chi connectivity index (χ4v) is 4.49. The largest absolute Gasteiger partial charge is 0.480 e.